The number of aromatic nitrogens is 1. The van der Waals surface area contributed by atoms with Crippen molar-refractivity contribution < 1.29 is 13.8 Å². The number of nitrogens with zero attached hydrogens (tertiary/aromatic N) is 2. The Morgan fingerprint density at radius 2 is 2.67 bits per heavy atom. The first-order valence-corrected chi connectivity index (χ1v) is 3.17. The average Bonchev–Trinajstić information content (AvgIpc) is 1.99. The third kappa shape index (κ3) is 1.45. The third-order valence-electron chi connectivity index (χ3n) is 1.12. The van der Waals surface area contributed by atoms with Crippen LogP contribution in [0.25, 0.3) is 0 Å². The molecule has 0 fully saturated rings. The second-order valence-electron chi connectivity index (χ2n) is 1.81. The summed E-state index contributed by atoms with van der Waals surface area (Å²) in [5.74, 6) is -0.618. The van der Waals surface area contributed by atoms with Crippen molar-refractivity contribution >= 4 is 17.3 Å². The summed E-state index contributed by atoms with van der Waals surface area (Å²) < 4.78 is 24.7. The van der Waals surface area contributed by atoms with Gasteiger partial charge in [0, 0.05) is 6.20 Å². The smallest absolute Gasteiger partial charge is 0.349 e. The van der Waals surface area contributed by atoms with Crippen molar-refractivity contribution in [2.45, 2.75) is 0 Å². The van der Waals surface area contributed by atoms with Gasteiger partial charge in [0.25, 0.3) is 5.88 Å². The molecule has 0 saturated heterocycles. The molecule has 0 atom stereocenters. The molecule has 1 aromatic rings. The number of nitro groups is 1. The summed E-state index contributed by atoms with van der Waals surface area (Å²) in [6, 6.07) is 1.17. The van der Waals surface area contributed by atoms with Crippen LogP contribution in [0.2, 0.25) is 5.02 Å². The molecule has 0 aliphatic carbocycles. The molecule has 0 bridgehead atoms. The molecule has 0 amide bonds. The van der Waals surface area contributed by atoms with E-state index in [1.54, 1.807) is 0 Å². The number of hydrogen-bond acceptors (Lipinski definition) is 4. The Balaban J connectivity index is 3.18. The van der Waals surface area contributed by atoms with E-state index in [0.29, 0.717) is 0 Å². The predicted octanol–water partition coefficient (Wildman–Crippen LogP) is 1.65. The molecule has 64 valence electrons. The van der Waals surface area contributed by atoms with Gasteiger partial charge in [0.2, 0.25) is 0 Å². The number of halogens is 1. The lowest BCUT2D eigenvalue weighted by Crippen LogP contribution is -1.96. The summed E-state index contributed by atoms with van der Waals surface area (Å²) >= 11 is 5.51. The average molecular weight is 192 g/mol. The normalized spacial score (nSPS) is 14.2. The van der Waals surface area contributed by atoms with Crippen LogP contribution in [0.5, 0.6) is 5.88 Å². The van der Waals surface area contributed by atoms with Crippen molar-refractivity contribution in [3.8, 4) is 5.88 Å². The molecule has 0 spiro atoms. The highest BCUT2D eigenvalue weighted by Crippen LogP contribution is 2.31. The summed E-state index contributed by atoms with van der Waals surface area (Å²) in [6.45, 7) is 0. The summed E-state index contributed by atoms with van der Waals surface area (Å²) in [5.41, 5.74) is -0.657. The Morgan fingerprint density at radius 3 is 3.25 bits per heavy atom. The van der Waals surface area contributed by atoms with Crippen molar-refractivity contribution in [1.82, 2.24) is 4.98 Å². The zero-order valence-corrected chi connectivity index (χ0v) is 6.41. The minimum Gasteiger partial charge on any atom is -0.476 e. The molecular weight excluding hydrogens is 184 g/mol. The minimum absolute atomic E-state index is 0.228. The zero-order valence-electron chi connectivity index (χ0n) is 8.65. The highest BCUT2D eigenvalue weighted by Gasteiger charge is 2.20. The van der Waals surface area contributed by atoms with Crippen LogP contribution in [-0.4, -0.2) is 16.9 Å². The SMILES string of the molecule is [2H]C([2H])([2H])Oc1nccc(Cl)c1[N+](=O)[O-]. The van der Waals surface area contributed by atoms with Gasteiger partial charge in [0.1, 0.15) is 5.02 Å². The first-order valence-electron chi connectivity index (χ1n) is 4.29. The molecule has 6 heteroatoms. The molecule has 0 aliphatic heterocycles. The molecule has 0 aliphatic rings. The van der Waals surface area contributed by atoms with Crippen LogP contribution >= 0.6 is 11.6 Å². The van der Waals surface area contributed by atoms with Crippen molar-refractivity contribution in [3.63, 3.8) is 0 Å². The maximum atomic E-state index is 10.5. The Labute approximate surface area is 77.3 Å². The van der Waals surface area contributed by atoms with E-state index in [-0.39, 0.29) is 5.02 Å². The molecule has 0 radical (unpaired) electrons. The lowest BCUT2D eigenvalue weighted by Gasteiger charge is -1.99. The van der Waals surface area contributed by atoms with Gasteiger partial charge in [-0.1, -0.05) is 11.6 Å². The minimum atomic E-state index is -2.80. The molecule has 0 unspecified atom stereocenters. The van der Waals surface area contributed by atoms with Crippen molar-refractivity contribution in [3.05, 3.63) is 27.4 Å². The summed E-state index contributed by atoms with van der Waals surface area (Å²) in [5, 5.41) is 10.3. The van der Waals surface area contributed by atoms with Gasteiger partial charge in [-0.05, 0) is 6.07 Å². The van der Waals surface area contributed by atoms with E-state index in [0.717, 1.165) is 6.20 Å². The van der Waals surface area contributed by atoms with E-state index < -0.39 is 23.5 Å². The molecule has 0 saturated carbocycles. The van der Waals surface area contributed by atoms with Gasteiger partial charge in [0.15, 0.2) is 0 Å². The Kier molecular flexibility index (Phi) is 1.49. The van der Waals surface area contributed by atoms with Crippen LogP contribution in [0, 0.1) is 10.1 Å². The summed E-state index contributed by atoms with van der Waals surface area (Å²) in [4.78, 5) is 13.1. The second-order valence-corrected chi connectivity index (χ2v) is 2.21. The van der Waals surface area contributed by atoms with E-state index in [4.69, 9.17) is 15.7 Å². The topological polar surface area (TPSA) is 65.3 Å². The fourth-order valence-electron chi connectivity index (χ4n) is 0.653. The van der Waals surface area contributed by atoms with Gasteiger partial charge in [-0.15, -0.1) is 0 Å². The molecular formula is C6H5ClN2O3. The van der Waals surface area contributed by atoms with E-state index in [2.05, 4.69) is 9.72 Å². The molecule has 1 rings (SSSR count). The predicted molar refractivity (Wildman–Crippen MR) is 42.5 cm³/mol. The number of rotatable bonds is 2. The maximum absolute atomic E-state index is 10.5. The van der Waals surface area contributed by atoms with E-state index >= 15 is 0 Å². The number of ether oxygens (including phenoxy) is 1. The lowest BCUT2D eigenvalue weighted by atomic mass is 10.4. The Morgan fingerprint density at radius 1 is 1.92 bits per heavy atom. The van der Waals surface area contributed by atoms with Crippen molar-refractivity contribution in [1.29, 1.82) is 0 Å². The molecule has 1 heterocycles. The van der Waals surface area contributed by atoms with Crippen molar-refractivity contribution in [2.75, 3.05) is 7.04 Å². The van der Waals surface area contributed by atoms with Gasteiger partial charge in [-0.25, -0.2) is 4.98 Å². The molecule has 0 aromatic carbocycles. The van der Waals surface area contributed by atoms with Crippen LogP contribution in [0.15, 0.2) is 12.3 Å². The monoisotopic (exact) mass is 191 g/mol. The lowest BCUT2D eigenvalue weighted by molar-refractivity contribution is -0.386. The van der Waals surface area contributed by atoms with Crippen LogP contribution in [-0.2, 0) is 0 Å². The summed E-state index contributed by atoms with van der Waals surface area (Å²) in [7, 11) is -2.80. The second kappa shape index (κ2) is 3.36. The largest absolute Gasteiger partial charge is 0.476 e. The van der Waals surface area contributed by atoms with Crippen LogP contribution < -0.4 is 4.74 Å². The quantitative estimate of drug-likeness (QED) is 0.527. The fraction of sp³-hybridized carbons (Fsp3) is 0.167. The van der Waals surface area contributed by atoms with Crippen molar-refractivity contribution in [2.24, 2.45) is 0 Å². The van der Waals surface area contributed by atoms with Gasteiger partial charge in [0.05, 0.1) is 16.1 Å². The van der Waals surface area contributed by atoms with Gasteiger partial charge in [-0.2, -0.15) is 0 Å². The summed E-state index contributed by atoms with van der Waals surface area (Å²) in [6.07, 6.45) is 1.12. The standard InChI is InChI=1S/C6H5ClN2O3/c1-12-6-5(9(10)11)4(7)2-3-8-6/h2-3H,1H3/i1D3. The maximum Gasteiger partial charge on any atom is 0.349 e. The van der Waals surface area contributed by atoms with E-state index in [9.17, 15) is 10.1 Å². The van der Waals surface area contributed by atoms with Gasteiger partial charge >= 0.3 is 5.69 Å². The first-order chi connectivity index (χ1) is 6.81. The molecule has 12 heavy (non-hydrogen) atoms. The molecule has 5 nitrogen and oxygen atoms in total. The van der Waals surface area contributed by atoms with Gasteiger partial charge in [-0.3, -0.25) is 10.1 Å². The van der Waals surface area contributed by atoms with E-state index in [1.165, 1.54) is 6.07 Å². The highest BCUT2D eigenvalue weighted by atomic mass is 35.5. The molecule has 0 N–H and O–H groups in total. The van der Waals surface area contributed by atoms with Crippen LogP contribution in [0.4, 0.5) is 5.69 Å². The fourth-order valence-corrected chi connectivity index (χ4v) is 0.859. The Bertz CT molecular complexity index is 396. The number of pyridine rings is 1. The van der Waals surface area contributed by atoms with Crippen LogP contribution in [0.3, 0.4) is 0 Å². The van der Waals surface area contributed by atoms with Gasteiger partial charge < -0.3 is 4.74 Å². The van der Waals surface area contributed by atoms with Crippen LogP contribution in [0.1, 0.15) is 4.11 Å². The zero-order chi connectivity index (χ0) is 11.6. The number of hydrogen-bond donors (Lipinski definition) is 0. The third-order valence-corrected chi connectivity index (χ3v) is 1.43. The Hall–Kier alpha value is -1.36. The first kappa shape index (κ1) is 5.31. The highest BCUT2D eigenvalue weighted by molar-refractivity contribution is 6.32. The van der Waals surface area contributed by atoms with E-state index in [1.807, 2.05) is 0 Å². The molecule has 1 aromatic heterocycles. The number of methoxy groups -OCH3 is 1.